The molecule has 0 saturated carbocycles. The Morgan fingerprint density at radius 1 is 1.14 bits per heavy atom. The molecule has 0 aliphatic carbocycles. The third-order valence-corrected chi connectivity index (χ3v) is 3.42. The van der Waals surface area contributed by atoms with Crippen LogP contribution in [0.25, 0.3) is 0 Å². The molecule has 110 valence electrons. The summed E-state index contributed by atoms with van der Waals surface area (Å²) >= 11 is 3.38. The van der Waals surface area contributed by atoms with Gasteiger partial charge in [-0.15, -0.1) is 0 Å². The lowest BCUT2D eigenvalue weighted by atomic mass is 10.2. The van der Waals surface area contributed by atoms with Crippen LogP contribution in [0.15, 0.2) is 40.9 Å². The number of methoxy groups -OCH3 is 1. The first-order valence-corrected chi connectivity index (χ1v) is 6.94. The zero-order valence-corrected chi connectivity index (χ0v) is 13.0. The monoisotopic (exact) mass is 350 g/mol. The van der Waals surface area contributed by atoms with Crippen molar-refractivity contribution in [3.05, 3.63) is 52.0 Å². The van der Waals surface area contributed by atoms with Crippen LogP contribution in [0.2, 0.25) is 0 Å². The van der Waals surface area contributed by atoms with Gasteiger partial charge >= 0.3 is 5.97 Å². The quantitative estimate of drug-likeness (QED) is 0.653. The fourth-order valence-corrected chi connectivity index (χ4v) is 2.41. The number of nitrogen functional groups attached to an aromatic ring is 2. The first-order valence-electron chi connectivity index (χ1n) is 6.15. The standard InChI is InChI=1S/C15H15BrN2O3/c1-20-14-3-2-9(4-13(14)16)8-21-15(19)10-5-11(17)7-12(18)6-10/h2-7H,8,17-18H2,1H3. The first kappa shape index (κ1) is 15.2. The van der Waals surface area contributed by atoms with Crippen molar-refractivity contribution in [2.24, 2.45) is 0 Å². The number of anilines is 2. The molecule has 0 amide bonds. The second kappa shape index (κ2) is 6.49. The van der Waals surface area contributed by atoms with Crippen LogP contribution in [0.3, 0.4) is 0 Å². The molecule has 2 aromatic carbocycles. The van der Waals surface area contributed by atoms with E-state index in [0.29, 0.717) is 22.7 Å². The number of carbonyl (C=O) groups excluding carboxylic acids is 1. The topological polar surface area (TPSA) is 87.6 Å². The lowest BCUT2D eigenvalue weighted by Gasteiger charge is -2.08. The summed E-state index contributed by atoms with van der Waals surface area (Å²) in [5, 5.41) is 0. The van der Waals surface area contributed by atoms with Crippen LogP contribution < -0.4 is 16.2 Å². The number of benzene rings is 2. The Morgan fingerprint density at radius 3 is 2.38 bits per heavy atom. The Kier molecular flexibility index (Phi) is 4.70. The van der Waals surface area contributed by atoms with E-state index in [-0.39, 0.29) is 6.61 Å². The SMILES string of the molecule is COc1ccc(COC(=O)c2cc(N)cc(N)c2)cc1Br. The maximum atomic E-state index is 12.0. The normalized spacial score (nSPS) is 10.2. The maximum absolute atomic E-state index is 12.0. The Bertz CT molecular complexity index is 654. The van der Waals surface area contributed by atoms with Gasteiger partial charge in [0.2, 0.25) is 0 Å². The summed E-state index contributed by atoms with van der Waals surface area (Å²) in [7, 11) is 1.59. The Labute approximate surface area is 131 Å². The average molecular weight is 351 g/mol. The van der Waals surface area contributed by atoms with Gasteiger partial charge in [-0.05, 0) is 51.8 Å². The van der Waals surface area contributed by atoms with E-state index < -0.39 is 5.97 Å². The zero-order valence-electron chi connectivity index (χ0n) is 11.4. The summed E-state index contributed by atoms with van der Waals surface area (Å²) in [6.07, 6.45) is 0. The van der Waals surface area contributed by atoms with E-state index in [1.54, 1.807) is 19.2 Å². The fourth-order valence-electron chi connectivity index (χ4n) is 1.83. The maximum Gasteiger partial charge on any atom is 0.338 e. The number of rotatable bonds is 4. The van der Waals surface area contributed by atoms with E-state index in [9.17, 15) is 4.79 Å². The molecule has 0 fully saturated rings. The summed E-state index contributed by atoms with van der Waals surface area (Å²) in [5.74, 6) is 0.245. The summed E-state index contributed by atoms with van der Waals surface area (Å²) in [6, 6.07) is 10.1. The molecule has 0 aromatic heterocycles. The number of halogens is 1. The van der Waals surface area contributed by atoms with Crippen molar-refractivity contribution < 1.29 is 14.3 Å². The molecule has 2 aromatic rings. The highest BCUT2D eigenvalue weighted by molar-refractivity contribution is 9.10. The number of ether oxygens (including phenoxy) is 2. The van der Waals surface area contributed by atoms with Gasteiger partial charge in [0.05, 0.1) is 17.1 Å². The molecular formula is C15H15BrN2O3. The van der Waals surface area contributed by atoms with Crippen molar-refractivity contribution >= 4 is 33.3 Å². The van der Waals surface area contributed by atoms with Crippen molar-refractivity contribution in [3.8, 4) is 5.75 Å². The van der Waals surface area contributed by atoms with Gasteiger partial charge in [0, 0.05) is 11.4 Å². The van der Waals surface area contributed by atoms with E-state index in [1.165, 1.54) is 12.1 Å². The lowest BCUT2D eigenvalue weighted by Crippen LogP contribution is -2.07. The fraction of sp³-hybridized carbons (Fsp3) is 0.133. The van der Waals surface area contributed by atoms with Crippen LogP contribution in [-0.2, 0) is 11.3 Å². The molecule has 0 unspecified atom stereocenters. The van der Waals surface area contributed by atoms with E-state index in [4.69, 9.17) is 20.9 Å². The predicted octanol–water partition coefficient (Wildman–Crippen LogP) is 2.98. The third-order valence-electron chi connectivity index (χ3n) is 2.80. The molecule has 0 atom stereocenters. The molecule has 0 saturated heterocycles. The highest BCUT2D eigenvalue weighted by Gasteiger charge is 2.10. The molecule has 0 aliphatic heterocycles. The van der Waals surface area contributed by atoms with Crippen molar-refractivity contribution in [1.29, 1.82) is 0 Å². The molecule has 0 spiro atoms. The number of esters is 1. The van der Waals surface area contributed by atoms with E-state index in [1.807, 2.05) is 12.1 Å². The van der Waals surface area contributed by atoms with Crippen LogP contribution >= 0.6 is 15.9 Å². The van der Waals surface area contributed by atoms with Gasteiger partial charge in [-0.1, -0.05) is 6.07 Å². The minimum absolute atomic E-state index is 0.149. The summed E-state index contributed by atoms with van der Waals surface area (Å²) < 4.78 is 11.2. The number of hydrogen-bond donors (Lipinski definition) is 2. The molecule has 0 bridgehead atoms. The molecule has 2 rings (SSSR count). The van der Waals surface area contributed by atoms with Crippen LogP contribution in [0.1, 0.15) is 15.9 Å². The van der Waals surface area contributed by atoms with Gasteiger partial charge in [0.1, 0.15) is 12.4 Å². The smallest absolute Gasteiger partial charge is 0.338 e. The van der Waals surface area contributed by atoms with E-state index in [0.717, 1.165) is 10.0 Å². The van der Waals surface area contributed by atoms with Crippen molar-refractivity contribution in [1.82, 2.24) is 0 Å². The largest absolute Gasteiger partial charge is 0.496 e. The molecule has 0 radical (unpaired) electrons. The van der Waals surface area contributed by atoms with Crippen LogP contribution in [0, 0.1) is 0 Å². The van der Waals surface area contributed by atoms with Gasteiger partial charge in [-0.2, -0.15) is 0 Å². The minimum atomic E-state index is -0.471. The Hall–Kier alpha value is -2.21. The number of nitrogens with two attached hydrogens (primary N) is 2. The van der Waals surface area contributed by atoms with Crippen molar-refractivity contribution in [2.75, 3.05) is 18.6 Å². The summed E-state index contributed by atoms with van der Waals surface area (Å²) in [5.41, 5.74) is 13.3. The third kappa shape index (κ3) is 3.88. The van der Waals surface area contributed by atoms with Crippen LogP contribution in [0.4, 0.5) is 11.4 Å². The second-order valence-electron chi connectivity index (χ2n) is 4.43. The van der Waals surface area contributed by atoms with Crippen LogP contribution in [0.5, 0.6) is 5.75 Å². The highest BCUT2D eigenvalue weighted by Crippen LogP contribution is 2.26. The van der Waals surface area contributed by atoms with Gasteiger partial charge in [0.25, 0.3) is 0 Å². The Morgan fingerprint density at radius 2 is 1.81 bits per heavy atom. The molecule has 4 N–H and O–H groups in total. The summed E-state index contributed by atoms with van der Waals surface area (Å²) in [6.45, 7) is 0.149. The lowest BCUT2D eigenvalue weighted by molar-refractivity contribution is 0.0473. The molecular weight excluding hydrogens is 336 g/mol. The number of hydrogen-bond acceptors (Lipinski definition) is 5. The predicted molar refractivity (Wildman–Crippen MR) is 85.1 cm³/mol. The molecule has 0 heterocycles. The van der Waals surface area contributed by atoms with Crippen LogP contribution in [-0.4, -0.2) is 13.1 Å². The second-order valence-corrected chi connectivity index (χ2v) is 5.29. The minimum Gasteiger partial charge on any atom is -0.496 e. The van der Waals surface area contributed by atoms with Gasteiger partial charge in [0.15, 0.2) is 0 Å². The van der Waals surface area contributed by atoms with Crippen molar-refractivity contribution in [3.63, 3.8) is 0 Å². The molecule has 21 heavy (non-hydrogen) atoms. The zero-order chi connectivity index (χ0) is 15.4. The average Bonchev–Trinajstić information content (AvgIpc) is 2.43. The number of carbonyl (C=O) groups is 1. The highest BCUT2D eigenvalue weighted by atomic mass is 79.9. The van der Waals surface area contributed by atoms with E-state index in [2.05, 4.69) is 15.9 Å². The van der Waals surface area contributed by atoms with Gasteiger partial charge in [-0.3, -0.25) is 0 Å². The molecule has 6 heteroatoms. The first-order chi connectivity index (χ1) is 9.99. The Balaban J connectivity index is 2.05. The van der Waals surface area contributed by atoms with Gasteiger partial charge < -0.3 is 20.9 Å². The molecule has 0 aliphatic rings. The molecule has 5 nitrogen and oxygen atoms in total. The van der Waals surface area contributed by atoms with Crippen molar-refractivity contribution in [2.45, 2.75) is 6.61 Å². The van der Waals surface area contributed by atoms with E-state index >= 15 is 0 Å². The van der Waals surface area contributed by atoms with Gasteiger partial charge in [-0.25, -0.2) is 4.79 Å². The summed E-state index contributed by atoms with van der Waals surface area (Å²) in [4.78, 5) is 12.0.